The Hall–Kier alpha value is -1.80. The molecule has 0 aromatic heterocycles. The second-order valence-corrected chi connectivity index (χ2v) is 6.34. The number of ketones is 1. The maximum atomic E-state index is 12.3. The summed E-state index contributed by atoms with van der Waals surface area (Å²) in [5, 5.41) is 0.725. The van der Waals surface area contributed by atoms with Gasteiger partial charge in [0.15, 0.2) is 5.78 Å². The highest BCUT2D eigenvalue weighted by Gasteiger charge is 2.27. The van der Waals surface area contributed by atoms with E-state index in [1.165, 1.54) is 0 Å². The van der Waals surface area contributed by atoms with Crippen LogP contribution in [0.1, 0.15) is 34.8 Å². The maximum absolute atomic E-state index is 12.3. The molecule has 0 fully saturated rings. The third-order valence-corrected chi connectivity index (χ3v) is 4.74. The van der Waals surface area contributed by atoms with Crippen molar-refractivity contribution in [3.63, 3.8) is 0 Å². The molecule has 1 unspecified atom stereocenters. The molecule has 2 aromatic rings. The second-order valence-electron chi connectivity index (χ2n) is 5.90. The van der Waals surface area contributed by atoms with Crippen LogP contribution in [0.25, 0.3) is 11.1 Å². The molecule has 0 amide bonds. The smallest absolute Gasteiger partial charge is 0.166 e. The molecule has 2 nitrogen and oxygen atoms in total. The summed E-state index contributed by atoms with van der Waals surface area (Å²) in [6, 6.07) is 9.95. The summed E-state index contributed by atoms with van der Waals surface area (Å²) in [7, 11) is 0. The van der Waals surface area contributed by atoms with Gasteiger partial charge in [0.25, 0.3) is 0 Å². The van der Waals surface area contributed by atoms with E-state index in [9.17, 15) is 4.79 Å². The quantitative estimate of drug-likeness (QED) is 0.707. The van der Waals surface area contributed by atoms with E-state index in [1.807, 2.05) is 31.2 Å². The van der Waals surface area contributed by atoms with Crippen LogP contribution in [0.3, 0.4) is 0 Å². The van der Waals surface area contributed by atoms with Gasteiger partial charge in [-0.15, -0.1) is 0 Å². The maximum Gasteiger partial charge on any atom is 0.166 e. The van der Waals surface area contributed by atoms with Crippen molar-refractivity contribution in [1.82, 2.24) is 0 Å². The lowest BCUT2D eigenvalue weighted by Crippen LogP contribution is -2.20. The third-order valence-electron chi connectivity index (χ3n) is 4.51. The first-order chi connectivity index (χ1) is 10.1. The van der Waals surface area contributed by atoms with Crippen LogP contribution in [0, 0.1) is 5.92 Å². The van der Waals surface area contributed by atoms with Crippen LogP contribution in [-0.2, 0) is 13.0 Å². The van der Waals surface area contributed by atoms with Crippen LogP contribution in [0.2, 0.25) is 5.02 Å². The monoisotopic (exact) mass is 298 g/mol. The number of benzene rings is 2. The number of Topliss-reactive ketones (excluding diaryl/α,β-unsaturated/α-hetero) is 1. The summed E-state index contributed by atoms with van der Waals surface area (Å²) in [6.07, 6.45) is 1.89. The molecule has 1 heterocycles. The third kappa shape index (κ3) is 1.97. The Labute approximate surface area is 128 Å². The average Bonchev–Trinajstić information content (AvgIpc) is 2.49. The van der Waals surface area contributed by atoms with Crippen molar-refractivity contribution in [2.75, 3.05) is 0 Å². The Morgan fingerprint density at radius 2 is 1.95 bits per heavy atom. The molecule has 0 N–H and O–H groups in total. The first-order valence-electron chi connectivity index (χ1n) is 7.26. The van der Waals surface area contributed by atoms with E-state index in [2.05, 4.69) is 6.07 Å². The molecular weight excluding hydrogens is 284 g/mol. The Balaban J connectivity index is 1.90. The summed E-state index contributed by atoms with van der Waals surface area (Å²) >= 11 is 6.05. The van der Waals surface area contributed by atoms with Gasteiger partial charge in [0.2, 0.25) is 0 Å². The topological polar surface area (TPSA) is 26.3 Å². The Morgan fingerprint density at radius 1 is 1.10 bits per heavy atom. The van der Waals surface area contributed by atoms with E-state index in [4.69, 9.17) is 16.3 Å². The number of hydrogen-bond acceptors (Lipinski definition) is 2. The molecule has 0 radical (unpaired) electrons. The van der Waals surface area contributed by atoms with Gasteiger partial charge in [-0.25, -0.2) is 0 Å². The molecule has 0 saturated heterocycles. The summed E-state index contributed by atoms with van der Waals surface area (Å²) in [6.45, 7) is 2.51. The van der Waals surface area contributed by atoms with Crippen LogP contribution in [-0.4, -0.2) is 5.78 Å². The lowest BCUT2D eigenvalue weighted by molar-refractivity contribution is 0.0913. The summed E-state index contributed by atoms with van der Waals surface area (Å²) < 4.78 is 5.84. The van der Waals surface area contributed by atoms with Gasteiger partial charge < -0.3 is 4.74 Å². The Bertz CT molecular complexity index is 764. The number of carbonyl (C=O) groups is 1. The van der Waals surface area contributed by atoms with Crippen LogP contribution >= 0.6 is 11.6 Å². The fourth-order valence-electron chi connectivity index (χ4n) is 3.26. The number of ether oxygens (including phenoxy) is 1. The number of halogens is 1. The summed E-state index contributed by atoms with van der Waals surface area (Å²) in [5.41, 5.74) is 5.32. The number of fused-ring (bicyclic) bond motifs is 4. The lowest BCUT2D eigenvalue weighted by atomic mass is 9.81. The van der Waals surface area contributed by atoms with E-state index in [0.29, 0.717) is 6.61 Å². The minimum atomic E-state index is 0.116. The van der Waals surface area contributed by atoms with Gasteiger partial charge in [0.05, 0.1) is 0 Å². The predicted molar refractivity (Wildman–Crippen MR) is 83.0 cm³/mol. The Morgan fingerprint density at radius 3 is 2.81 bits per heavy atom. The van der Waals surface area contributed by atoms with Gasteiger partial charge in [-0.2, -0.15) is 0 Å². The first-order valence-corrected chi connectivity index (χ1v) is 7.64. The van der Waals surface area contributed by atoms with E-state index in [0.717, 1.165) is 51.4 Å². The number of hydrogen-bond donors (Lipinski definition) is 0. The number of aryl methyl sites for hydroxylation is 1. The van der Waals surface area contributed by atoms with Gasteiger partial charge in [0, 0.05) is 22.1 Å². The van der Waals surface area contributed by atoms with Crippen LogP contribution in [0.4, 0.5) is 0 Å². The van der Waals surface area contributed by atoms with E-state index in [-0.39, 0.29) is 11.7 Å². The van der Waals surface area contributed by atoms with Gasteiger partial charge in [0.1, 0.15) is 12.4 Å². The van der Waals surface area contributed by atoms with E-state index < -0.39 is 0 Å². The standard InChI is InChI=1S/C18H15ClO2/c1-10-2-3-11-7-16-14-5-4-13(19)6-12(14)9-21-17(16)8-15(11)18(10)20/h4-8,10H,2-3,9H2,1H3. The SMILES string of the molecule is CC1CCc2cc3c(cc2C1=O)OCc1cc(Cl)ccc1-3. The minimum Gasteiger partial charge on any atom is -0.488 e. The highest BCUT2D eigenvalue weighted by Crippen LogP contribution is 2.42. The average molecular weight is 299 g/mol. The zero-order valence-corrected chi connectivity index (χ0v) is 12.5. The van der Waals surface area contributed by atoms with Crippen LogP contribution < -0.4 is 4.74 Å². The molecule has 106 valence electrons. The van der Waals surface area contributed by atoms with Gasteiger partial charge >= 0.3 is 0 Å². The van der Waals surface area contributed by atoms with Crippen molar-refractivity contribution in [1.29, 1.82) is 0 Å². The van der Waals surface area contributed by atoms with Gasteiger partial charge in [-0.3, -0.25) is 4.79 Å². The largest absolute Gasteiger partial charge is 0.488 e. The molecule has 1 aliphatic heterocycles. The molecule has 0 bridgehead atoms. The fraction of sp³-hybridized carbons (Fsp3) is 0.278. The molecule has 21 heavy (non-hydrogen) atoms. The fourth-order valence-corrected chi connectivity index (χ4v) is 3.45. The lowest BCUT2D eigenvalue weighted by Gasteiger charge is -2.26. The van der Waals surface area contributed by atoms with Crippen molar-refractivity contribution in [3.05, 3.63) is 52.0 Å². The number of carbonyl (C=O) groups excluding carboxylic acids is 1. The first kappa shape index (κ1) is 12.9. The normalized spacial score (nSPS) is 19.3. The van der Waals surface area contributed by atoms with E-state index in [1.54, 1.807) is 0 Å². The number of rotatable bonds is 0. The predicted octanol–water partition coefficient (Wildman–Crippen LogP) is 4.66. The zero-order chi connectivity index (χ0) is 14.6. The van der Waals surface area contributed by atoms with E-state index >= 15 is 0 Å². The molecule has 4 rings (SSSR count). The van der Waals surface area contributed by atoms with Crippen molar-refractivity contribution >= 4 is 17.4 Å². The van der Waals surface area contributed by atoms with Gasteiger partial charge in [-0.05, 0) is 53.8 Å². The molecule has 0 spiro atoms. The molecular formula is C18H15ClO2. The van der Waals surface area contributed by atoms with Crippen LogP contribution in [0.5, 0.6) is 5.75 Å². The molecule has 2 aliphatic rings. The van der Waals surface area contributed by atoms with Crippen LogP contribution in [0.15, 0.2) is 30.3 Å². The van der Waals surface area contributed by atoms with Crippen molar-refractivity contribution in [3.8, 4) is 16.9 Å². The highest BCUT2D eigenvalue weighted by molar-refractivity contribution is 6.30. The van der Waals surface area contributed by atoms with Gasteiger partial charge in [-0.1, -0.05) is 24.6 Å². The molecule has 2 aromatic carbocycles. The highest BCUT2D eigenvalue weighted by atomic mass is 35.5. The van der Waals surface area contributed by atoms with Crippen molar-refractivity contribution in [2.45, 2.75) is 26.4 Å². The Kier molecular flexibility index (Phi) is 2.83. The summed E-state index contributed by atoms with van der Waals surface area (Å²) in [4.78, 5) is 12.3. The van der Waals surface area contributed by atoms with Crippen molar-refractivity contribution in [2.24, 2.45) is 5.92 Å². The summed E-state index contributed by atoms with van der Waals surface area (Å²) in [5.74, 6) is 1.17. The molecule has 0 saturated carbocycles. The van der Waals surface area contributed by atoms with Crippen molar-refractivity contribution < 1.29 is 9.53 Å². The molecule has 3 heteroatoms. The molecule has 1 atom stereocenters. The molecule has 1 aliphatic carbocycles. The minimum absolute atomic E-state index is 0.116. The zero-order valence-electron chi connectivity index (χ0n) is 11.8. The second kappa shape index (κ2) is 4.60.